The highest BCUT2D eigenvalue weighted by Crippen LogP contribution is 1.71. The van der Waals surface area contributed by atoms with Crippen LogP contribution in [0.25, 0.3) is 0 Å². The molecule has 0 saturated heterocycles. The van der Waals surface area contributed by atoms with Gasteiger partial charge in [0.1, 0.15) is 0 Å². The van der Waals surface area contributed by atoms with Gasteiger partial charge in [-0.15, -0.1) is 0 Å². The third-order valence-corrected chi connectivity index (χ3v) is 0.607. The van der Waals surface area contributed by atoms with E-state index in [1.807, 2.05) is 6.92 Å². The van der Waals surface area contributed by atoms with Crippen LogP contribution in [0.3, 0.4) is 0 Å². The van der Waals surface area contributed by atoms with Crippen molar-refractivity contribution in [2.24, 2.45) is 10.7 Å². The topological polar surface area (TPSA) is 38.4 Å². The minimum absolute atomic E-state index is 0.520. The average molecular weight is 98.1 g/mol. The Morgan fingerprint density at radius 2 is 2.57 bits per heavy atom. The Morgan fingerprint density at radius 3 is 2.71 bits per heavy atom. The number of nitrogens with zero attached hydrogens (tertiary/aromatic N) is 1. The van der Waals surface area contributed by atoms with Gasteiger partial charge in [-0.2, -0.15) is 0 Å². The molecular formula is C5H10N2. The van der Waals surface area contributed by atoms with Gasteiger partial charge in [0.15, 0.2) is 0 Å². The van der Waals surface area contributed by atoms with Gasteiger partial charge in [-0.1, -0.05) is 6.58 Å². The van der Waals surface area contributed by atoms with Crippen molar-refractivity contribution >= 4 is 5.71 Å². The molecule has 0 aromatic carbocycles. The van der Waals surface area contributed by atoms with E-state index >= 15 is 0 Å². The van der Waals surface area contributed by atoms with Crippen molar-refractivity contribution in [1.29, 1.82) is 0 Å². The van der Waals surface area contributed by atoms with Crippen LogP contribution in [0.2, 0.25) is 0 Å². The summed E-state index contributed by atoms with van der Waals surface area (Å²) in [6, 6.07) is 0. The molecule has 0 rings (SSSR count). The molecule has 0 aliphatic heterocycles. The van der Waals surface area contributed by atoms with Gasteiger partial charge in [0.25, 0.3) is 0 Å². The van der Waals surface area contributed by atoms with Gasteiger partial charge >= 0.3 is 0 Å². The standard InChI is InChI=1S/C5H10N2/c1-3-7-5(2)4-6/h3H,1,4,6H2,2H3/b7-5-. The normalized spacial score (nSPS) is 11.4. The number of hydrogen-bond acceptors (Lipinski definition) is 2. The van der Waals surface area contributed by atoms with Crippen LogP contribution >= 0.6 is 0 Å². The van der Waals surface area contributed by atoms with Crippen LogP contribution in [0.4, 0.5) is 0 Å². The summed E-state index contributed by atoms with van der Waals surface area (Å²) in [6.45, 7) is 5.79. The Hall–Kier alpha value is -0.630. The first-order valence-electron chi connectivity index (χ1n) is 2.15. The lowest BCUT2D eigenvalue weighted by molar-refractivity contribution is 1.28. The van der Waals surface area contributed by atoms with E-state index in [9.17, 15) is 0 Å². The van der Waals surface area contributed by atoms with Crippen LogP contribution in [0.1, 0.15) is 6.92 Å². The lowest BCUT2D eigenvalue weighted by Crippen LogP contribution is -2.08. The maximum Gasteiger partial charge on any atom is 0.0311 e. The molecule has 0 saturated carbocycles. The summed E-state index contributed by atoms with van der Waals surface area (Å²) >= 11 is 0. The molecular weight excluding hydrogens is 88.1 g/mol. The molecule has 0 bridgehead atoms. The second-order valence-corrected chi connectivity index (χ2v) is 1.25. The van der Waals surface area contributed by atoms with E-state index in [0.29, 0.717) is 6.54 Å². The molecule has 0 spiro atoms. The highest BCUT2D eigenvalue weighted by Gasteiger charge is 1.76. The molecule has 0 aromatic heterocycles. The summed E-state index contributed by atoms with van der Waals surface area (Å²) < 4.78 is 0. The van der Waals surface area contributed by atoms with Crippen LogP contribution in [0.15, 0.2) is 17.8 Å². The number of aliphatic imine (C=N–C) groups is 1. The Labute approximate surface area is 43.7 Å². The number of nitrogens with two attached hydrogens (primary N) is 1. The van der Waals surface area contributed by atoms with Crippen LogP contribution < -0.4 is 5.73 Å². The summed E-state index contributed by atoms with van der Waals surface area (Å²) in [5.74, 6) is 0. The van der Waals surface area contributed by atoms with Crippen LogP contribution in [0.5, 0.6) is 0 Å². The van der Waals surface area contributed by atoms with E-state index in [2.05, 4.69) is 11.6 Å². The summed E-state index contributed by atoms with van der Waals surface area (Å²) in [6.07, 6.45) is 1.49. The fourth-order valence-corrected chi connectivity index (χ4v) is 0.209. The maximum atomic E-state index is 5.18. The van der Waals surface area contributed by atoms with Gasteiger partial charge in [-0.25, -0.2) is 0 Å². The molecule has 0 fully saturated rings. The van der Waals surface area contributed by atoms with Crippen molar-refractivity contribution in [3.63, 3.8) is 0 Å². The van der Waals surface area contributed by atoms with Gasteiger partial charge in [0.2, 0.25) is 0 Å². The number of hydrogen-bond donors (Lipinski definition) is 1. The van der Waals surface area contributed by atoms with E-state index in [-0.39, 0.29) is 0 Å². The minimum Gasteiger partial charge on any atom is -0.325 e. The molecule has 0 radical (unpaired) electrons. The maximum absolute atomic E-state index is 5.18. The predicted octanol–water partition coefficient (Wildman–Crippen LogP) is 0.550. The first-order valence-corrected chi connectivity index (χ1v) is 2.15. The van der Waals surface area contributed by atoms with Crippen molar-refractivity contribution in [3.05, 3.63) is 12.8 Å². The van der Waals surface area contributed by atoms with Gasteiger partial charge in [-0.3, -0.25) is 4.99 Å². The molecule has 0 aliphatic carbocycles. The summed E-state index contributed by atoms with van der Waals surface area (Å²) in [4.78, 5) is 3.80. The first-order chi connectivity index (χ1) is 3.31. The predicted molar refractivity (Wildman–Crippen MR) is 32.4 cm³/mol. The second-order valence-electron chi connectivity index (χ2n) is 1.25. The average Bonchev–Trinajstić information content (AvgIpc) is 1.68. The Bertz CT molecular complexity index is 84.1. The molecule has 7 heavy (non-hydrogen) atoms. The highest BCUT2D eigenvalue weighted by molar-refractivity contribution is 5.84. The van der Waals surface area contributed by atoms with Gasteiger partial charge in [-0.05, 0) is 6.92 Å². The lowest BCUT2D eigenvalue weighted by Gasteiger charge is -1.85. The Balaban J connectivity index is 3.49. The van der Waals surface area contributed by atoms with E-state index < -0.39 is 0 Å². The summed E-state index contributed by atoms with van der Waals surface area (Å²) in [5.41, 5.74) is 6.09. The zero-order valence-corrected chi connectivity index (χ0v) is 4.52. The van der Waals surface area contributed by atoms with Gasteiger partial charge < -0.3 is 5.73 Å². The first kappa shape index (κ1) is 6.37. The van der Waals surface area contributed by atoms with Crippen LogP contribution in [-0.4, -0.2) is 12.3 Å². The zero-order valence-electron chi connectivity index (χ0n) is 4.52. The SMILES string of the molecule is C=C/N=C(/C)CN. The molecule has 2 N–H and O–H groups in total. The zero-order chi connectivity index (χ0) is 5.70. The molecule has 0 amide bonds. The summed E-state index contributed by atoms with van der Waals surface area (Å²) in [5, 5.41) is 0. The molecule has 0 atom stereocenters. The van der Waals surface area contributed by atoms with Gasteiger partial charge in [0.05, 0.1) is 0 Å². The smallest absolute Gasteiger partial charge is 0.0311 e. The molecule has 0 aliphatic rings. The van der Waals surface area contributed by atoms with Gasteiger partial charge in [0, 0.05) is 18.5 Å². The van der Waals surface area contributed by atoms with Crippen LogP contribution in [0, 0.1) is 0 Å². The Kier molecular flexibility index (Phi) is 3.24. The summed E-state index contributed by atoms with van der Waals surface area (Å²) in [7, 11) is 0. The molecule has 0 unspecified atom stereocenters. The fraction of sp³-hybridized carbons (Fsp3) is 0.400. The van der Waals surface area contributed by atoms with E-state index in [1.165, 1.54) is 6.20 Å². The molecule has 0 heterocycles. The second kappa shape index (κ2) is 3.56. The third kappa shape index (κ3) is 3.19. The Morgan fingerprint density at radius 1 is 2.00 bits per heavy atom. The van der Waals surface area contributed by atoms with Crippen molar-refractivity contribution in [2.75, 3.05) is 6.54 Å². The molecule has 0 aromatic rings. The molecule has 40 valence electrons. The fourth-order valence-electron chi connectivity index (χ4n) is 0.209. The molecule has 2 nitrogen and oxygen atoms in total. The van der Waals surface area contributed by atoms with Crippen LogP contribution in [-0.2, 0) is 0 Å². The van der Waals surface area contributed by atoms with E-state index in [0.717, 1.165) is 5.71 Å². The van der Waals surface area contributed by atoms with Crippen molar-refractivity contribution in [2.45, 2.75) is 6.92 Å². The third-order valence-electron chi connectivity index (χ3n) is 0.607. The van der Waals surface area contributed by atoms with Crippen molar-refractivity contribution in [1.82, 2.24) is 0 Å². The van der Waals surface area contributed by atoms with Crippen molar-refractivity contribution < 1.29 is 0 Å². The molecule has 2 heteroatoms. The van der Waals surface area contributed by atoms with Crippen molar-refractivity contribution in [3.8, 4) is 0 Å². The largest absolute Gasteiger partial charge is 0.325 e. The monoisotopic (exact) mass is 98.1 g/mol. The van der Waals surface area contributed by atoms with E-state index in [4.69, 9.17) is 5.73 Å². The number of rotatable bonds is 2. The highest BCUT2D eigenvalue weighted by atomic mass is 14.7. The lowest BCUT2D eigenvalue weighted by atomic mass is 10.4. The minimum atomic E-state index is 0.520. The quantitative estimate of drug-likeness (QED) is 0.503. The van der Waals surface area contributed by atoms with E-state index in [1.54, 1.807) is 0 Å².